The topological polar surface area (TPSA) is 84.2 Å². The molecule has 3 rings (SSSR count). The van der Waals surface area contributed by atoms with E-state index >= 15 is 0 Å². The summed E-state index contributed by atoms with van der Waals surface area (Å²) in [5.74, 6) is 0.412. The average Bonchev–Trinajstić information content (AvgIpc) is 3.02. The number of carbonyl (C=O) groups excluding carboxylic acids is 2. The molecule has 126 valence electrons. The quantitative estimate of drug-likeness (QED) is 0.759. The molecule has 1 heterocycles. The number of aromatic nitrogens is 1. The van der Waals surface area contributed by atoms with Crippen LogP contribution in [0.1, 0.15) is 32.0 Å². The maximum absolute atomic E-state index is 12.3. The summed E-state index contributed by atoms with van der Waals surface area (Å²) in [4.78, 5) is 24.5. The lowest BCUT2D eigenvalue weighted by Crippen LogP contribution is -2.14. The van der Waals surface area contributed by atoms with Gasteiger partial charge in [0, 0.05) is 22.9 Å². The van der Waals surface area contributed by atoms with E-state index in [4.69, 9.17) is 4.52 Å². The van der Waals surface area contributed by atoms with Crippen LogP contribution in [0.5, 0.6) is 0 Å². The van der Waals surface area contributed by atoms with Crippen LogP contribution in [-0.4, -0.2) is 17.0 Å². The van der Waals surface area contributed by atoms with E-state index in [-0.39, 0.29) is 11.8 Å². The summed E-state index contributed by atoms with van der Waals surface area (Å²) in [5.41, 5.74) is 2.63. The third-order valence-electron chi connectivity index (χ3n) is 3.67. The molecule has 0 aliphatic heterocycles. The normalized spacial score (nSPS) is 10.3. The zero-order valence-electron chi connectivity index (χ0n) is 13.9. The molecular weight excluding hydrogens is 318 g/mol. The number of carbonyl (C=O) groups is 2. The summed E-state index contributed by atoms with van der Waals surface area (Å²) in [6.45, 7) is 3.67. The predicted molar refractivity (Wildman–Crippen MR) is 94.8 cm³/mol. The highest BCUT2D eigenvalue weighted by Gasteiger charge is 2.11. The Balaban J connectivity index is 1.68. The monoisotopic (exact) mass is 335 g/mol. The second-order valence-electron chi connectivity index (χ2n) is 5.62. The molecule has 2 N–H and O–H groups in total. The van der Waals surface area contributed by atoms with Crippen LogP contribution in [0, 0.1) is 13.8 Å². The largest absolute Gasteiger partial charge is 0.360 e. The number of hydrogen-bond donors (Lipinski definition) is 2. The molecule has 0 aliphatic carbocycles. The lowest BCUT2D eigenvalue weighted by Gasteiger charge is -2.08. The first kappa shape index (κ1) is 16.4. The van der Waals surface area contributed by atoms with Crippen LogP contribution < -0.4 is 10.6 Å². The van der Waals surface area contributed by atoms with Crippen molar-refractivity contribution in [1.82, 2.24) is 5.16 Å². The van der Waals surface area contributed by atoms with E-state index in [1.165, 1.54) is 0 Å². The third-order valence-corrected chi connectivity index (χ3v) is 3.67. The lowest BCUT2D eigenvalue weighted by molar-refractivity contribution is 0.101. The summed E-state index contributed by atoms with van der Waals surface area (Å²) < 4.78 is 4.90. The number of rotatable bonds is 4. The van der Waals surface area contributed by atoms with Gasteiger partial charge in [-0.3, -0.25) is 9.59 Å². The Bertz CT molecular complexity index is 914. The Morgan fingerprint density at radius 1 is 0.880 bits per heavy atom. The molecule has 0 radical (unpaired) electrons. The number of nitrogens with zero attached hydrogens (tertiary/aromatic N) is 1. The average molecular weight is 335 g/mol. The van der Waals surface area contributed by atoms with Gasteiger partial charge in [-0.2, -0.15) is 0 Å². The maximum atomic E-state index is 12.3. The van der Waals surface area contributed by atoms with Crippen molar-refractivity contribution in [3.8, 4) is 0 Å². The van der Waals surface area contributed by atoms with Crippen LogP contribution in [0.2, 0.25) is 0 Å². The molecule has 2 aromatic carbocycles. The van der Waals surface area contributed by atoms with Gasteiger partial charge in [0.2, 0.25) is 0 Å². The van der Waals surface area contributed by atoms with Crippen LogP contribution in [0.4, 0.5) is 11.5 Å². The van der Waals surface area contributed by atoms with E-state index in [2.05, 4.69) is 15.8 Å². The van der Waals surface area contributed by atoms with E-state index in [1.54, 1.807) is 37.3 Å². The molecule has 6 heteroatoms. The minimum Gasteiger partial charge on any atom is -0.360 e. The molecular formula is C19H17N3O3. The fourth-order valence-corrected chi connectivity index (χ4v) is 2.29. The second kappa shape index (κ2) is 7.00. The van der Waals surface area contributed by atoms with Gasteiger partial charge < -0.3 is 15.2 Å². The zero-order chi connectivity index (χ0) is 17.8. The van der Waals surface area contributed by atoms with Crippen molar-refractivity contribution >= 4 is 23.3 Å². The van der Waals surface area contributed by atoms with Gasteiger partial charge >= 0.3 is 0 Å². The van der Waals surface area contributed by atoms with Gasteiger partial charge in [0.15, 0.2) is 5.82 Å². The van der Waals surface area contributed by atoms with Crippen molar-refractivity contribution in [1.29, 1.82) is 0 Å². The van der Waals surface area contributed by atoms with Gasteiger partial charge in [-0.15, -0.1) is 0 Å². The fraction of sp³-hybridized carbons (Fsp3) is 0.105. The highest BCUT2D eigenvalue weighted by atomic mass is 16.5. The standard InChI is InChI=1S/C19H17N3O3/c1-12-5-3-4-6-16(12)20-18(23)14-7-9-15(10-8-14)19(24)21-17-11-13(2)25-22-17/h3-11H,1-2H3,(H,20,23)(H,21,22,24). The number of benzene rings is 2. The smallest absolute Gasteiger partial charge is 0.256 e. The van der Waals surface area contributed by atoms with Crippen LogP contribution in [0.15, 0.2) is 59.1 Å². The molecule has 0 bridgehead atoms. The molecule has 0 fully saturated rings. The van der Waals surface area contributed by atoms with E-state index in [1.807, 2.05) is 31.2 Å². The minimum absolute atomic E-state index is 0.228. The van der Waals surface area contributed by atoms with E-state index in [0.29, 0.717) is 22.7 Å². The number of nitrogens with one attached hydrogen (secondary N) is 2. The summed E-state index contributed by atoms with van der Waals surface area (Å²) in [6.07, 6.45) is 0. The van der Waals surface area contributed by atoms with Crippen LogP contribution in [-0.2, 0) is 0 Å². The van der Waals surface area contributed by atoms with Crippen molar-refractivity contribution in [2.45, 2.75) is 13.8 Å². The number of anilines is 2. The number of amides is 2. The van der Waals surface area contributed by atoms with Gasteiger partial charge in [-0.25, -0.2) is 0 Å². The minimum atomic E-state index is -0.320. The number of hydrogen-bond acceptors (Lipinski definition) is 4. The summed E-state index contributed by atoms with van der Waals surface area (Å²) in [5, 5.41) is 9.20. The van der Waals surface area contributed by atoms with Crippen LogP contribution in [0.25, 0.3) is 0 Å². The molecule has 0 saturated heterocycles. The third kappa shape index (κ3) is 3.92. The van der Waals surface area contributed by atoms with E-state index < -0.39 is 0 Å². The SMILES string of the molecule is Cc1cc(NC(=O)c2ccc(C(=O)Nc3ccccc3C)cc2)no1. The van der Waals surface area contributed by atoms with E-state index in [9.17, 15) is 9.59 Å². The molecule has 6 nitrogen and oxygen atoms in total. The van der Waals surface area contributed by atoms with Crippen LogP contribution >= 0.6 is 0 Å². The number of aryl methyl sites for hydroxylation is 2. The van der Waals surface area contributed by atoms with Gasteiger partial charge in [-0.1, -0.05) is 23.4 Å². The van der Waals surface area contributed by atoms with Crippen molar-refractivity contribution in [3.63, 3.8) is 0 Å². The van der Waals surface area contributed by atoms with E-state index in [0.717, 1.165) is 11.3 Å². The zero-order valence-corrected chi connectivity index (χ0v) is 13.9. The van der Waals surface area contributed by atoms with Gasteiger partial charge in [0.05, 0.1) is 0 Å². The van der Waals surface area contributed by atoms with Gasteiger partial charge in [-0.05, 0) is 49.7 Å². The van der Waals surface area contributed by atoms with Crippen molar-refractivity contribution < 1.29 is 14.1 Å². The summed E-state index contributed by atoms with van der Waals surface area (Å²) in [7, 11) is 0. The predicted octanol–water partition coefficient (Wildman–Crippen LogP) is 3.80. The van der Waals surface area contributed by atoms with Gasteiger partial charge in [0.1, 0.15) is 5.76 Å². The summed E-state index contributed by atoms with van der Waals surface area (Å²) >= 11 is 0. The lowest BCUT2D eigenvalue weighted by atomic mass is 10.1. The van der Waals surface area contributed by atoms with Crippen molar-refractivity contribution in [2.24, 2.45) is 0 Å². The van der Waals surface area contributed by atoms with Crippen molar-refractivity contribution in [2.75, 3.05) is 10.6 Å². The maximum Gasteiger partial charge on any atom is 0.256 e. The first-order chi connectivity index (χ1) is 12.0. The Labute approximate surface area is 144 Å². The van der Waals surface area contributed by atoms with Gasteiger partial charge in [0.25, 0.3) is 11.8 Å². The molecule has 0 saturated carbocycles. The first-order valence-corrected chi connectivity index (χ1v) is 7.74. The van der Waals surface area contributed by atoms with Crippen LogP contribution in [0.3, 0.4) is 0 Å². The molecule has 2 amide bonds. The molecule has 3 aromatic rings. The molecule has 0 unspecified atom stereocenters. The molecule has 0 atom stereocenters. The summed E-state index contributed by atoms with van der Waals surface area (Å²) in [6, 6.07) is 15.6. The molecule has 0 spiro atoms. The number of para-hydroxylation sites is 1. The first-order valence-electron chi connectivity index (χ1n) is 7.74. The van der Waals surface area contributed by atoms with Crippen molar-refractivity contribution in [3.05, 3.63) is 77.0 Å². The highest BCUT2D eigenvalue weighted by molar-refractivity contribution is 6.07. The molecule has 0 aliphatic rings. The highest BCUT2D eigenvalue weighted by Crippen LogP contribution is 2.15. The Morgan fingerprint density at radius 3 is 2.04 bits per heavy atom. The molecule has 25 heavy (non-hydrogen) atoms. The second-order valence-corrected chi connectivity index (χ2v) is 5.62. The Kier molecular flexibility index (Phi) is 4.61. The fourth-order valence-electron chi connectivity index (χ4n) is 2.29. The Morgan fingerprint density at radius 2 is 1.48 bits per heavy atom. The Hall–Kier alpha value is -3.41. The molecule has 1 aromatic heterocycles.